The molecule has 0 aromatic carbocycles. The van der Waals surface area contributed by atoms with Gasteiger partial charge in [-0.15, -0.1) is 0 Å². The van der Waals surface area contributed by atoms with Crippen molar-refractivity contribution in [1.29, 1.82) is 0 Å². The van der Waals surface area contributed by atoms with Crippen LogP contribution in [0, 0.1) is 0 Å². The summed E-state index contributed by atoms with van der Waals surface area (Å²) in [5.41, 5.74) is -5.65. The number of likely N-dealkylation sites (N-methyl/N-ethyl adjacent to an activating group) is 2. The Morgan fingerprint density at radius 3 is 1.17 bits per heavy atom. The molecule has 2 N–H and O–H groups in total. The second kappa shape index (κ2) is 14.5. The fraction of sp³-hybridized carbons (Fsp3) is 0.846. The summed E-state index contributed by atoms with van der Waals surface area (Å²) in [6.45, 7) is 18.4. The smallest absolute Gasteiger partial charge is 0.251 e. The number of carbonyl (C=O) groups is 4. The molecule has 0 saturated heterocycles. The number of nitrogens with one attached hydrogen (secondary N) is 2. The third kappa shape index (κ3) is 8.16. The monoisotopic (exact) mass is 514 g/mol. The van der Waals surface area contributed by atoms with Crippen LogP contribution in [0.25, 0.3) is 0 Å². The highest BCUT2D eigenvalue weighted by atomic mass is 16.7. The first kappa shape index (κ1) is 33.8. The summed E-state index contributed by atoms with van der Waals surface area (Å²) in [6.07, 6.45) is 3.26. The minimum atomic E-state index is -1.94. The number of rotatable bonds is 17. The third-order valence-electron chi connectivity index (χ3n) is 5.58. The van der Waals surface area contributed by atoms with Crippen molar-refractivity contribution < 1.29 is 28.9 Å². The van der Waals surface area contributed by atoms with E-state index < -0.39 is 34.1 Å². The first-order valence-electron chi connectivity index (χ1n) is 13.1. The molecule has 0 aliphatic carbocycles. The van der Waals surface area contributed by atoms with Gasteiger partial charge in [0, 0.05) is 13.1 Å². The summed E-state index contributed by atoms with van der Waals surface area (Å²) >= 11 is 0. The van der Waals surface area contributed by atoms with Crippen LogP contribution in [0.2, 0.25) is 0 Å². The van der Waals surface area contributed by atoms with Crippen LogP contribution in [-0.2, 0) is 28.9 Å². The molecular weight excluding hydrogens is 464 g/mol. The van der Waals surface area contributed by atoms with Crippen molar-refractivity contribution in [3.05, 3.63) is 0 Å². The first-order valence-corrected chi connectivity index (χ1v) is 13.1. The van der Waals surface area contributed by atoms with Crippen molar-refractivity contribution in [2.45, 2.75) is 130 Å². The van der Waals surface area contributed by atoms with Crippen molar-refractivity contribution in [2.75, 3.05) is 13.1 Å². The predicted molar refractivity (Wildman–Crippen MR) is 139 cm³/mol. The lowest BCUT2D eigenvalue weighted by Crippen LogP contribution is -2.80. The maximum absolute atomic E-state index is 14.2. The fourth-order valence-corrected chi connectivity index (χ4v) is 4.25. The number of nitrogens with zero attached hydrogens (tertiary/aromatic N) is 2. The molecule has 0 aliphatic heterocycles. The van der Waals surface area contributed by atoms with Gasteiger partial charge in [0.2, 0.25) is 12.8 Å². The summed E-state index contributed by atoms with van der Waals surface area (Å²) in [4.78, 5) is 66.0. The summed E-state index contributed by atoms with van der Waals surface area (Å²) in [5, 5.41) is 7.53. The lowest BCUT2D eigenvalue weighted by molar-refractivity contribution is -0.311. The van der Waals surface area contributed by atoms with Crippen molar-refractivity contribution in [1.82, 2.24) is 20.8 Å². The second-order valence-electron chi connectivity index (χ2n) is 10.9. The highest BCUT2D eigenvalue weighted by Gasteiger charge is 2.68. The van der Waals surface area contributed by atoms with Crippen molar-refractivity contribution in [3.8, 4) is 0 Å². The summed E-state index contributed by atoms with van der Waals surface area (Å²) < 4.78 is 0. The van der Waals surface area contributed by atoms with Crippen LogP contribution in [0.3, 0.4) is 0 Å². The Kier molecular flexibility index (Phi) is 13.6. The van der Waals surface area contributed by atoms with Gasteiger partial charge in [0.1, 0.15) is 0 Å². The number of hydroxylamine groups is 4. The van der Waals surface area contributed by atoms with E-state index in [1.165, 1.54) is 0 Å². The van der Waals surface area contributed by atoms with Crippen LogP contribution in [0.5, 0.6) is 0 Å². The zero-order valence-corrected chi connectivity index (χ0v) is 24.2. The molecule has 0 unspecified atom stereocenters. The molecule has 0 spiro atoms. The normalized spacial score (nSPS) is 15.3. The van der Waals surface area contributed by atoms with Crippen molar-refractivity contribution in [3.63, 3.8) is 0 Å². The van der Waals surface area contributed by atoms with E-state index in [0.29, 0.717) is 38.5 Å². The van der Waals surface area contributed by atoms with E-state index in [4.69, 9.17) is 9.68 Å². The molecule has 4 amide bonds. The Hall–Kier alpha value is -2.20. The number of carbonyl (C=O) groups excluding carboxylic acids is 4. The van der Waals surface area contributed by atoms with Crippen LogP contribution < -0.4 is 10.6 Å². The van der Waals surface area contributed by atoms with Crippen LogP contribution >= 0.6 is 0 Å². The minimum absolute atomic E-state index is 0.0584. The minimum Gasteiger partial charge on any atom is -0.354 e. The molecule has 210 valence electrons. The van der Waals surface area contributed by atoms with Gasteiger partial charge in [0.25, 0.3) is 11.8 Å². The number of hydrogen-bond donors (Lipinski definition) is 2. The Bertz CT molecular complexity index is 658. The molecule has 0 rings (SSSR count). The maximum Gasteiger partial charge on any atom is 0.251 e. The molecule has 0 aromatic rings. The Balaban J connectivity index is 7.93. The second-order valence-corrected chi connectivity index (χ2v) is 10.9. The van der Waals surface area contributed by atoms with Gasteiger partial charge in [-0.3, -0.25) is 28.9 Å². The third-order valence-corrected chi connectivity index (χ3v) is 5.58. The van der Waals surface area contributed by atoms with Gasteiger partial charge < -0.3 is 10.6 Å². The summed E-state index contributed by atoms with van der Waals surface area (Å²) in [5.74, 6) is -1.19. The number of unbranched alkanes of at least 4 members (excludes halogenated alkanes) is 2. The lowest BCUT2D eigenvalue weighted by atomic mass is 9.68. The standard InChI is InChI=1S/C26H50N4O6/c1-11-15-17-25(21(33)27-13-3,29(19-31)35-23(5,6)7)26(18-16-12-2,22(34)28-14-4)30(20-32)36-24(8,9)10/h19-20H,11-18H2,1-10H3,(H,27,33)(H,28,34)/t25-,26+. The van der Waals surface area contributed by atoms with Gasteiger partial charge in [-0.1, -0.05) is 39.5 Å². The molecule has 10 heteroatoms. The predicted octanol–water partition coefficient (Wildman–Crippen LogP) is 3.49. The molecule has 2 atom stereocenters. The van der Waals surface area contributed by atoms with Crippen molar-refractivity contribution >= 4 is 24.6 Å². The average Bonchev–Trinajstić information content (AvgIpc) is 2.77. The largest absolute Gasteiger partial charge is 0.354 e. The van der Waals surface area contributed by atoms with Gasteiger partial charge in [0.15, 0.2) is 11.1 Å². The van der Waals surface area contributed by atoms with Gasteiger partial charge in [-0.25, -0.2) is 10.1 Å². The Morgan fingerprint density at radius 1 is 0.667 bits per heavy atom. The van der Waals surface area contributed by atoms with E-state index in [1.54, 1.807) is 55.4 Å². The van der Waals surface area contributed by atoms with Gasteiger partial charge in [-0.05, 0) is 68.2 Å². The SMILES string of the molecule is CCCC[C@](C(=O)NCC)(N(C=O)OC(C)(C)C)[C@](CCCC)(C(=O)NCC)N(C=O)OC(C)(C)C. The van der Waals surface area contributed by atoms with Crippen LogP contribution in [0.15, 0.2) is 0 Å². The van der Waals surface area contributed by atoms with Crippen molar-refractivity contribution in [2.24, 2.45) is 0 Å². The van der Waals surface area contributed by atoms with Crippen LogP contribution in [0.1, 0.15) is 108 Å². The Morgan fingerprint density at radius 2 is 0.972 bits per heavy atom. The van der Waals surface area contributed by atoms with Crippen LogP contribution in [-0.4, -0.2) is 70.1 Å². The van der Waals surface area contributed by atoms with E-state index in [1.807, 2.05) is 13.8 Å². The van der Waals surface area contributed by atoms with E-state index in [2.05, 4.69) is 10.6 Å². The molecule has 10 nitrogen and oxygen atoms in total. The maximum atomic E-state index is 14.2. The summed E-state index contributed by atoms with van der Waals surface area (Å²) in [6, 6.07) is 0. The topological polar surface area (TPSA) is 117 Å². The van der Waals surface area contributed by atoms with Gasteiger partial charge >= 0.3 is 0 Å². The van der Waals surface area contributed by atoms with E-state index in [0.717, 1.165) is 10.1 Å². The molecule has 0 saturated carbocycles. The number of amides is 4. The molecule has 0 heterocycles. The summed E-state index contributed by atoms with van der Waals surface area (Å²) in [7, 11) is 0. The lowest BCUT2D eigenvalue weighted by Gasteiger charge is -2.55. The van der Waals surface area contributed by atoms with E-state index in [-0.39, 0.29) is 25.9 Å². The van der Waals surface area contributed by atoms with E-state index in [9.17, 15) is 19.2 Å². The zero-order chi connectivity index (χ0) is 28.2. The molecular formula is C26H50N4O6. The molecule has 0 fully saturated rings. The average molecular weight is 515 g/mol. The molecule has 36 heavy (non-hydrogen) atoms. The first-order chi connectivity index (χ1) is 16.7. The molecule has 0 bridgehead atoms. The fourth-order valence-electron chi connectivity index (χ4n) is 4.25. The molecule has 0 aromatic heterocycles. The quantitative estimate of drug-likeness (QED) is 0.227. The van der Waals surface area contributed by atoms with Gasteiger partial charge in [0.05, 0.1) is 11.2 Å². The Labute approximate surface area is 217 Å². The highest BCUT2D eigenvalue weighted by Crippen LogP contribution is 2.44. The van der Waals surface area contributed by atoms with E-state index >= 15 is 0 Å². The van der Waals surface area contributed by atoms with Gasteiger partial charge in [-0.2, -0.15) is 0 Å². The zero-order valence-electron chi connectivity index (χ0n) is 24.2. The molecule has 0 aliphatic rings. The highest BCUT2D eigenvalue weighted by molar-refractivity contribution is 6.01. The molecule has 0 radical (unpaired) electrons. The number of hydrogen-bond acceptors (Lipinski definition) is 6. The van der Waals surface area contributed by atoms with Crippen LogP contribution in [0.4, 0.5) is 0 Å².